The maximum atomic E-state index is 14.1. The predicted octanol–water partition coefficient (Wildman–Crippen LogP) is 5.72. The first-order valence-electron chi connectivity index (χ1n) is 8.40. The third-order valence-electron chi connectivity index (χ3n) is 5.13. The highest BCUT2D eigenvalue weighted by atomic mass is 35.5. The van der Waals surface area contributed by atoms with Gasteiger partial charge in [0.05, 0.1) is 12.8 Å². The first-order chi connectivity index (χ1) is 12.6. The average Bonchev–Trinajstić information content (AvgIpc) is 2.99. The Kier molecular flexibility index (Phi) is 4.99. The van der Waals surface area contributed by atoms with Gasteiger partial charge in [-0.15, -0.1) is 0 Å². The monoisotopic (exact) mass is 397 g/mol. The van der Waals surface area contributed by atoms with Gasteiger partial charge in [0, 0.05) is 23.1 Å². The third kappa shape index (κ3) is 3.21. The van der Waals surface area contributed by atoms with Crippen molar-refractivity contribution in [1.29, 1.82) is 0 Å². The summed E-state index contributed by atoms with van der Waals surface area (Å²) in [6.45, 7) is 3.16. The molecule has 1 N–H and O–H groups in total. The molecule has 3 unspecified atom stereocenters. The molecule has 0 fully saturated rings. The number of nitrogens with zero attached hydrogens (tertiary/aromatic N) is 1. The van der Waals surface area contributed by atoms with Crippen LogP contribution in [0.3, 0.4) is 0 Å². The minimum atomic E-state index is -4.91. The Morgan fingerprint density at radius 1 is 1.19 bits per heavy atom. The van der Waals surface area contributed by atoms with E-state index in [1.165, 1.54) is 50.4 Å². The van der Waals surface area contributed by atoms with Crippen LogP contribution >= 0.6 is 11.6 Å². The van der Waals surface area contributed by atoms with Gasteiger partial charge in [0.25, 0.3) is 0 Å². The van der Waals surface area contributed by atoms with Gasteiger partial charge in [-0.25, -0.2) is 0 Å². The molecule has 1 heterocycles. The summed E-state index contributed by atoms with van der Waals surface area (Å²) in [7, 11) is 1.44. The second-order valence-electron chi connectivity index (χ2n) is 6.71. The molecule has 144 valence electrons. The van der Waals surface area contributed by atoms with Crippen molar-refractivity contribution >= 4 is 23.5 Å². The molecule has 2 aromatic rings. The van der Waals surface area contributed by atoms with Crippen LogP contribution in [-0.4, -0.2) is 24.6 Å². The lowest BCUT2D eigenvalue weighted by Crippen LogP contribution is -2.46. The zero-order chi connectivity index (χ0) is 20.0. The summed E-state index contributed by atoms with van der Waals surface area (Å²) in [4.78, 5) is 4.18. The molecule has 0 saturated heterocycles. The molecule has 3 rings (SSSR count). The molecule has 0 saturated carbocycles. The van der Waals surface area contributed by atoms with Crippen LogP contribution in [0.4, 0.5) is 18.9 Å². The summed E-state index contributed by atoms with van der Waals surface area (Å²) >= 11 is 6.19. The first-order valence-corrected chi connectivity index (χ1v) is 8.78. The minimum absolute atomic E-state index is 0.0994. The number of alkyl halides is 3. The first kappa shape index (κ1) is 19.7. The fourth-order valence-electron chi connectivity index (χ4n) is 3.42. The van der Waals surface area contributed by atoms with Crippen LogP contribution in [0.5, 0.6) is 5.75 Å². The maximum Gasteiger partial charge on any atom is 0.422 e. The lowest BCUT2D eigenvalue weighted by molar-refractivity contribution is -0.274. The number of aliphatic hydroxyl groups is 1. The van der Waals surface area contributed by atoms with Crippen LogP contribution in [0.15, 0.2) is 41.4 Å². The van der Waals surface area contributed by atoms with E-state index in [4.69, 9.17) is 16.3 Å². The Morgan fingerprint density at radius 2 is 1.89 bits per heavy atom. The summed E-state index contributed by atoms with van der Waals surface area (Å²) in [6.07, 6.45) is -3.24. The predicted molar refractivity (Wildman–Crippen MR) is 99.4 cm³/mol. The number of fused-ring (bicyclic) bond motifs is 1. The van der Waals surface area contributed by atoms with Crippen LogP contribution in [0.25, 0.3) is 0 Å². The van der Waals surface area contributed by atoms with Crippen molar-refractivity contribution in [3.8, 4) is 5.75 Å². The number of halogens is 4. The molecule has 0 aliphatic carbocycles. The molecule has 2 aromatic carbocycles. The van der Waals surface area contributed by atoms with Gasteiger partial charge >= 0.3 is 6.18 Å². The zero-order valence-corrected chi connectivity index (χ0v) is 15.8. The Morgan fingerprint density at radius 3 is 2.48 bits per heavy atom. The molecule has 3 nitrogen and oxygen atoms in total. The molecule has 3 atom stereocenters. The van der Waals surface area contributed by atoms with E-state index in [1.807, 2.05) is 6.92 Å². The van der Waals surface area contributed by atoms with Gasteiger partial charge in [0.2, 0.25) is 0 Å². The molecule has 0 bridgehead atoms. The van der Waals surface area contributed by atoms with E-state index in [1.54, 1.807) is 6.21 Å². The normalized spacial score (nSPS) is 19.5. The molecular formula is C20H19ClF3NO2. The Bertz CT molecular complexity index is 897. The largest absolute Gasteiger partial charge is 0.497 e. The summed E-state index contributed by atoms with van der Waals surface area (Å²) in [5.41, 5.74) is -1.88. The maximum absolute atomic E-state index is 14.1. The average molecular weight is 398 g/mol. The second-order valence-corrected chi connectivity index (χ2v) is 7.12. The lowest BCUT2D eigenvalue weighted by atomic mass is 9.77. The van der Waals surface area contributed by atoms with Crippen LogP contribution < -0.4 is 4.74 Å². The topological polar surface area (TPSA) is 41.8 Å². The van der Waals surface area contributed by atoms with Gasteiger partial charge in [-0.1, -0.05) is 37.6 Å². The van der Waals surface area contributed by atoms with Crippen molar-refractivity contribution < 1.29 is 23.0 Å². The summed E-state index contributed by atoms with van der Waals surface area (Å²) in [5, 5.41) is 11.1. The van der Waals surface area contributed by atoms with Crippen molar-refractivity contribution in [2.24, 2.45) is 4.99 Å². The molecule has 27 heavy (non-hydrogen) atoms. The van der Waals surface area contributed by atoms with Crippen LogP contribution in [-0.2, 0) is 5.60 Å². The molecule has 0 spiro atoms. The number of aliphatic imine (C=N–C) groups is 1. The number of benzene rings is 2. The van der Waals surface area contributed by atoms with E-state index in [0.717, 1.165) is 0 Å². The Labute approximate surface area is 160 Å². The molecule has 1 aliphatic heterocycles. The van der Waals surface area contributed by atoms with Crippen molar-refractivity contribution in [3.63, 3.8) is 0 Å². The SMILES string of the molecule is COc1ccc(C(C)C(O)(c2ccc3c(c2)C(C)C=N3)C(F)(F)F)c(Cl)c1. The van der Waals surface area contributed by atoms with E-state index in [-0.39, 0.29) is 22.1 Å². The fourth-order valence-corrected chi connectivity index (χ4v) is 3.75. The molecule has 0 aromatic heterocycles. The van der Waals surface area contributed by atoms with E-state index in [9.17, 15) is 18.3 Å². The number of methoxy groups -OCH3 is 1. The van der Waals surface area contributed by atoms with Gasteiger partial charge in [-0.3, -0.25) is 4.99 Å². The van der Waals surface area contributed by atoms with Crippen molar-refractivity contribution in [2.75, 3.05) is 7.11 Å². The number of hydrogen-bond acceptors (Lipinski definition) is 3. The highest BCUT2D eigenvalue weighted by molar-refractivity contribution is 6.31. The van der Waals surface area contributed by atoms with Crippen LogP contribution in [0.2, 0.25) is 5.02 Å². The quantitative estimate of drug-likeness (QED) is 0.716. The Balaban J connectivity index is 2.13. The van der Waals surface area contributed by atoms with Gasteiger partial charge < -0.3 is 9.84 Å². The van der Waals surface area contributed by atoms with E-state index in [0.29, 0.717) is 17.0 Å². The number of rotatable bonds is 4. The summed E-state index contributed by atoms with van der Waals surface area (Å²) in [5.74, 6) is -1.03. The van der Waals surface area contributed by atoms with E-state index in [2.05, 4.69) is 4.99 Å². The van der Waals surface area contributed by atoms with Crippen LogP contribution in [0, 0.1) is 0 Å². The lowest BCUT2D eigenvalue weighted by Gasteiger charge is -2.37. The van der Waals surface area contributed by atoms with Gasteiger partial charge in [-0.2, -0.15) is 13.2 Å². The highest BCUT2D eigenvalue weighted by Crippen LogP contribution is 2.51. The fraction of sp³-hybridized carbons (Fsp3) is 0.350. The highest BCUT2D eigenvalue weighted by Gasteiger charge is 2.59. The smallest absolute Gasteiger partial charge is 0.422 e. The molecule has 7 heteroatoms. The van der Waals surface area contributed by atoms with Gasteiger partial charge in [0.15, 0.2) is 5.60 Å². The van der Waals surface area contributed by atoms with E-state index >= 15 is 0 Å². The van der Waals surface area contributed by atoms with Crippen molar-refractivity contribution in [2.45, 2.75) is 37.5 Å². The minimum Gasteiger partial charge on any atom is -0.497 e. The van der Waals surface area contributed by atoms with Crippen LogP contribution in [0.1, 0.15) is 42.4 Å². The molecule has 0 amide bonds. The van der Waals surface area contributed by atoms with Gasteiger partial charge in [-0.05, 0) is 41.0 Å². The van der Waals surface area contributed by atoms with Gasteiger partial charge in [0.1, 0.15) is 5.75 Å². The zero-order valence-electron chi connectivity index (χ0n) is 15.0. The third-order valence-corrected chi connectivity index (χ3v) is 5.46. The summed E-state index contributed by atoms with van der Waals surface area (Å²) in [6, 6.07) is 8.56. The second kappa shape index (κ2) is 6.84. The summed E-state index contributed by atoms with van der Waals surface area (Å²) < 4.78 is 47.4. The van der Waals surface area contributed by atoms with Crippen molar-refractivity contribution in [1.82, 2.24) is 0 Å². The molecule has 1 aliphatic rings. The van der Waals surface area contributed by atoms with Crippen molar-refractivity contribution in [3.05, 3.63) is 58.1 Å². The van der Waals surface area contributed by atoms with E-state index < -0.39 is 17.7 Å². The standard InChI is InChI=1S/C20H19ClF3NO2/c1-11-10-25-18-7-4-13(8-16(11)18)19(26,20(22,23)24)12(2)15-6-5-14(27-3)9-17(15)21/h4-12,26H,1-3H3. The number of ether oxygens (including phenoxy) is 1. The molecular weight excluding hydrogens is 379 g/mol. The molecule has 0 radical (unpaired) electrons. The Hall–Kier alpha value is -2.05. The number of hydrogen-bond donors (Lipinski definition) is 1.